The van der Waals surface area contributed by atoms with E-state index in [4.69, 9.17) is 11.5 Å². The number of hydrogen-bond donors (Lipinski definition) is 11. The third kappa shape index (κ3) is 15.4. The van der Waals surface area contributed by atoms with E-state index in [0.717, 1.165) is 4.90 Å². The first-order valence-corrected chi connectivity index (χ1v) is 18.8. The van der Waals surface area contributed by atoms with E-state index in [0.29, 0.717) is 18.5 Å². The van der Waals surface area contributed by atoms with Gasteiger partial charge in [0.05, 0.1) is 26.0 Å². The minimum absolute atomic E-state index is 0.0971. The number of rotatable bonds is 24. The molecule has 0 bridgehead atoms. The van der Waals surface area contributed by atoms with Crippen LogP contribution in [0.1, 0.15) is 71.9 Å². The van der Waals surface area contributed by atoms with Crippen LogP contribution < -0.4 is 43.4 Å². The van der Waals surface area contributed by atoms with Crippen LogP contribution in [0.5, 0.6) is 0 Å². The van der Waals surface area contributed by atoms with Crippen LogP contribution in [0.2, 0.25) is 0 Å². The first kappa shape index (κ1) is 47.5. The van der Waals surface area contributed by atoms with Crippen LogP contribution in [-0.2, 0) is 49.6 Å². The molecule has 318 valence electrons. The van der Waals surface area contributed by atoms with E-state index in [2.05, 4.69) is 41.9 Å². The number of carboxylic acids is 1. The van der Waals surface area contributed by atoms with Crippen molar-refractivity contribution in [1.29, 1.82) is 0 Å². The maximum atomic E-state index is 13.7. The van der Waals surface area contributed by atoms with E-state index in [1.807, 2.05) is 0 Å². The second-order valence-corrected chi connectivity index (χ2v) is 14.3. The molecule has 0 unspecified atom stereocenters. The number of aliphatic hydroxyl groups is 1. The van der Waals surface area contributed by atoms with Gasteiger partial charge in [-0.05, 0) is 37.5 Å². The highest BCUT2D eigenvalue weighted by molar-refractivity contribution is 5.97. The predicted octanol–water partition coefficient (Wildman–Crippen LogP) is -4.12. The first-order valence-electron chi connectivity index (χ1n) is 18.8. The van der Waals surface area contributed by atoms with Crippen LogP contribution in [0.4, 0.5) is 0 Å². The number of primary amides is 1. The molecule has 1 aromatic rings. The molecule has 7 atom stereocenters. The van der Waals surface area contributed by atoms with Gasteiger partial charge >= 0.3 is 5.97 Å². The molecule has 13 N–H and O–H groups in total. The van der Waals surface area contributed by atoms with Gasteiger partial charge in [0, 0.05) is 31.3 Å². The number of hydrogen-bond acceptors (Lipinski definition) is 12. The van der Waals surface area contributed by atoms with Crippen molar-refractivity contribution in [2.24, 2.45) is 23.3 Å². The Morgan fingerprint density at radius 1 is 0.895 bits per heavy atom. The number of H-pyrrole nitrogens is 1. The number of nitrogens with zero attached hydrogens (tertiary/aromatic N) is 2. The highest BCUT2D eigenvalue weighted by Gasteiger charge is 2.38. The van der Waals surface area contributed by atoms with Gasteiger partial charge in [-0.2, -0.15) is 0 Å². The van der Waals surface area contributed by atoms with E-state index < -0.39 is 115 Å². The Balaban J connectivity index is 2.19. The fourth-order valence-corrected chi connectivity index (χ4v) is 6.04. The van der Waals surface area contributed by atoms with Crippen LogP contribution >= 0.6 is 0 Å². The van der Waals surface area contributed by atoms with Crippen LogP contribution in [0.25, 0.3) is 0 Å². The molecule has 22 heteroatoms. The van der Waals surface area contributed by atoms with Crippen molar-refractivity contribution in [2.75, 3.05) is 26.2 Å². The Morgan fingerprint density at radius 2 is 1.54 bits per heavy atom. The molecular formula is C35H57N11O11. The predicted molar refractivity (Wildman–Crippen MR) is 201 cm³/mol. The van der Waals surface area contributed by atoms with E-state index >= 15 is 0 Å². The lowest BCUT2D eigenvalue weighted by Crippen LogP contribution is -2.59. The molecule has 8 amide bonds. The normalized spacial score (nSPS) is 16.9. The fraction of sp³-hybridized carbons (Fsp3) is 0.657. The second kappa shape index (κ2) is 23.4. The summed E-state index contributed by atoms with van der Waals surface area (Å²) in [5.41, 5.74) is 11.0. The Kier molecular flexibility index (Phi) is 19.5. The minimum Gasteiger partial charge on any atom is -0.480 e. The lowest BCUT2D eigenvalue weighted by molar-refractivity contribution is -0.150. The van der Waals surface area contributed by atoms with Crippen molar-refractivity contribution < 1.29 is 53.4 Å². The van der Waals surface area contributed by atoms with Gasteiger partial charge in [-0.3, -0.25) is 38.4 Å². The number of aliphatic hydroxyl groups excluding tert-OH is 1. The standard InChI is InChI=1S/C35H57N11O11/c1-5-19(4)29(45-31(52)21(8-9-26(37)48)41-27(49)13-36)33(54)43-23(12-20-14-38-17-40-20)30(51)39-15-28(50)42-22(11-18(2)3)32(53)44-24(16-47)34(55)46-10-6-7-25(46)35(56)57/h14,17-19,21-25,29,47H,5-13,15-16,36H2,1-4H3,(H2,37,48)(H,38,40)(H,39,51)(H,41,49)(H,42,50)(H,43,54)(H,44,53)(H,45,52)(H,56,57)/t19-,21-,22-,23-,24-,25-,29-/m0/s1. The Hall–Kier alpha value is -5.64. The third-order valence-corrected chi connectivity index (χ3v) is 9.32. The molecule has 1 saturated heterocycles. The molecule has 2 heterocycles. The molecule has 0 spiro atoms. The average Bonchev–Trinajstić information content (AvgIpc) is 3.88. The van der Waals surface area contributed by atoms with Gasteiger partial charge in [0.15, 0.2) is 0 Å². The number of carboxylic acid groups (broad SMARTS) is 1. The topological polar surface area (TPSA) is 350 Å². The summed E-state index contributed by atoms with van der Waals surface area (Å²) in [6, 6.07) is -7.57. The quantitative estimate of drug-likeness (QED) is 0.0474. The molecule has 2 rings (SSSR count). The highest BCUT2D eigenvalue weighted by atomic mass is 16.4. The number of nitrogens with one attached hydrogen (secondary N) is 7. The van der Waals surface area contributed by atoms with Gasteiger partial charge in [0.25, 0.3) is 0 Å². The summed E-state index contributed by atoms with van der Waals surface area (Å²) in [7, 11) is 0. The van der Waals surface area contributed by atoms with Gasteiger partial charge in [-0.15, -0.1) is 0 Å². The van der Waals surface area contributed by atoms with Crippen LogP contribution in [0.3, 0.4) is 0 Å². The average molecular weight is 808 g/mol. The summed E-state index contributed by atoms with van der Waals surface area (Å²) in [6.45, 7) is 5.22. The molecule has 1 fully saturated rings. The maximum absolute atomic E-state index is 13.7. The monoisotopic (exact) mass is 807 g/mol. The van der Waals surface area contributed by atoms with Crippen molar-refractivity contribution in [3.8, 4) is 0 Å². The fourth-order valence-electron chi connectivity index (χ4n) is 6.04. The molecule has 1 aliphatic rings. The van der Waals surface area contributed by atoms with Crippen molar-refractivity contribution in [3.05, 3.63) is 18.2 Å². The summed E-state index contributed by atoms with van der Waals surface area (Å²) >= 11 is 0. The van der Waals surface area contributed by atoms with Gasteiger partial charge < -0.3 is 63.5 Å². The number of carbonyl (C=O) groups excluding carboxylic acids is 8. The summed E-state index contributed by atoms with van der Waals surface area (Å²) in [6.07, 6.45) is 3.39. The van der Waals surface area contributed by atoms with E-state index in [1.54, 1.807) is 27.7 Å². The number of nitrogens with two attached hydrogens (primary N) is 2. The van der Waals surface area contributed by atoms with Gasteiger partial charge in [0.2, 0.25) is 47.3 Å². The number of likely N-dealkylation sites (tertiary alicyclic amines) is 1. The summed E-state index contributed by atoms with van der Waals surface area (Å²) < 4.78 is 0. The number of aliphatic carboxylic acids is 1. The number of aromatic nitrogens is 2. The van der Waals surface area contributed by atoms with Crippen molar-refractivity contribution in [2.45, 2.75) is 109 Å². The number of aromatic amines is 1. The smallest absolute Gasteiger partial charge is 0.326 e. The van der Waals surface area contributed by atoms with E-state index in [1.165, 1.54) is 12.5 Å². The SMILES string of the molecule is CC[C@H](C)[C@H](NC(=O)[C@H](CCC(N)=O)NC(=O)CN)C(=O)N[C@@H](Cc1cnc[nH]1)C(=O)NCC(=O)N[C@@H](CC(C)C)C(=O)N[C@@H](CO)C(=O)N1CCC[C@H]1C(=O)O. The largest absolute Gasteiger partial charge is 0.480 e. The van der Waals surface area contributed by atoms with E-state index in [9.17, 15) is 53.4 Å². The molecule has 0 aromatic carbocycles. The van der Waals surface area contributed by atoms with Gasteiger partial charge in [-0.1, -0.05) is 34.1 Å². The number of amides is 8. The molecule has 22 nitrogen and oxygen atoms in total. The molecule has 0 radical (unpaired) electrons. The van der Waals surface area contributed by atoms with E-state index in [-0.39, 0.29) is 44.6 Å². The minimum atomic E-state index is -1.47. The van der Waals surface area contributed by atoms with Crippen LogP contribution in [0.15, 0.2) is 12.5 Å². The first-order chi connectivity index (χ1) is 26.9. The molecule has 1 aliphatic heterocycles. The highest BCUT2D eigenvalue weighted by Crippen LogP contribution is 2.19. The zero-order valence-corrected chi connectivity index (χ0v) is 32.7. The lowest BCUT2D eigenvalue weighted by Gasteiger charge is -2.28. The maximum Gasteiger partial charge on any atom is 0.326 e. The Morgan fingerprint density at radius 3 is 2.11 bits per heavy atom. The molecule has 0 aliphatic carbocycles. The van der Waals surface area contributed by atoms with Gasteiger partial charge in [0.1, 0.15) is 36.3 Å². The van der Waals surface area contributed by atoms with Crippen molar-refractivity contribution in [1.82, 2.24) is 46.8 Å². The molecule has 0 saturated carbocycles. The summed E-state index contributed by atoms with van der Waals surface area (Å²) in [5, 5.41) is 34.3. The summed E-state index contributed by atoms with van der Waals surface area (Å²) in [5.74, 6) is -8.02. The molecule has 57 heavy (non-hydrogen) atoms. The lowest BCUT2D eigenvalue weighted by atomic mass is 9.96. The number of carbonyl (C=O) groups is 9. The van der Waals surface area contributed by atoms with Crippen LogP contribution in [0, 0.1) is 11.8 Å². The van der Waals surface area contributed by atoms with Crippen molar-refractivity contribution in [3.63, 3.8) is 0 Å². The molecular weight excluding hydrogens is 750 g/mol. The zero-order valence-electron chi connectivity index (χ0n) is 32.7. The van der Waals surface area contributed by atoms with Crippen molar-refractivity contribution >= 4 is 53.2 Å². The Bertz CT molecular complexity index is 1570. The Labute approximate surface area is 329 Å². The third-order valence-electron chi connectivity index (χ3n) is 9.32. The summed E-state index contributed by atoms with van der Waals surface area (Å²) in [4.78, 5) is 123. The zero-order chi connectivity index (χ0) is 42.8. The van der Waals surface area contributed by atoms with Gasteiger partial charge in [-0.25, -0.2) is 9.78 Å². The van der Waals surface area contributed by atoms with Crippen LogP contribution in [-0.4, -0.2) is 141 Å². The molecule has 1 aromatic heterocycles. The second-order valence-electron chi connectivity index (χ2n) is 14.3. The number of imidazole rings is 1.